The minimum Gasteiger partial charge on any atom is -0.287 e. The van der Waals surface area contributed by atoms with Gasteiger partial charge in [-0.05, 0) is 48.9 Å². The molecule has 0 fully saturated rings. The number of fused-ring (bicyclic) bond motifs is 3. The average Bonchev–Trinajstić information content (AvgIpc) is 3.18. The number of thiophene rings is 1. The molecule has 3 nitrogen and oxygen atoms in total. The van der Waals surface area contributed by atoms with Gasteiger partial charge in [-0.1, -0.05) is 42.4 Å². The molecule has 0 saturated heterocycles. The molecular weight excluding hydrogens is 372 g/mol. The monoisotopic (exact) mass is 390 g/mol. The first-order valence-electron chi connectivity index (χ1n) is 8.59. The van der Waals surface area contributed by atoms with Gasteiger partial charge in [0, 0.05) is 22.2 Å². The standard InChI is InChI=1S/C19H19ClN2OS2/c1-2-10-22-18(23)16-14-4-3-5-15(14)25-17(16)21-19(22)24-11-12-6-8-13(20)9-7-12/h6-9H,2-5,10-11H2,1H3. The Balaban J connectivity index is 1.73. The summed E-state index contributed by atoms with van der Waals surface area (Å²) in [6.45, 7) is 2.82. The largest absolute Gasteiger partial charge is 0.287 e. The van der Waals surface area contributed by atoms with E-state index in [1.165, 1.54) is 16.0 Å². The highest BCUT2D eigenvalue weighted by Gasteiger charge is 2.23. The summed E-state index contributed by atoms with van der Waals surface area (Å²) in [6, 6.07) is 7.85. The molecule has 0 bridgehead atoms. The summed E-state index contributed by atoms with van der Waals surface area (Å²) in [5, 5.41) is 2.44. The van der Waals surface area contributed by atoms with E-state index in [0.29, 0.717) is 0 Å². The summed E-state index contributed by atoms with van der Waals surface area (Å²) in [5.41, 5.74) is 2.59. The normalized spacial score (nSPS) is 13.5. The van der Waals surface area contributed by atoms with Crippen LogP contribution in [0.4, 0.5) is 0 Å². The summed E-state index contributed by atoms with van der Waals surface area (Å²) in [6.07, 6.45) is 4.21. The third kappa shape index (κ3) is 3.25. The number of nitrogens with zero attached hydrogens (tertiary/aromatic N) is 2. The second-order valence-corrected chi connectivity index (χ2v) is 8.77. The molecule has 0 unspecified atom stereocenters. The molecule has 1 aliphatic rings. The van der Waals surface area contributed by atoms with Crippen molar-refractivity contribution in [3.63, 3.8) is 0 Å². The van der Waals surface area contributed by atoms with Crippen LogP contribution in [0.2, 0.25) is 5.02 Å². The van der Waals surface area contributed by atoms with Gasteiger partial charge in [-0.2, -0.15) is 0 Å². The minimum absolute atomic E-state index is 0.143. The molecule has 0 N–H and O–H groups in total. The van der Waals surface area contributed by atoms with Crippen LogP contribution in [-0.4, -0.2) is 9.55 Å². The molecule has 0 amide bonds. The Hall–Kier alpha value is -1.30. The number of aromatic nitrogens is 2. The smallest absolute Gasteiger partial charge is 0.263 e. The van der Waals surface area contributed by atoms with Crippen LogP contribution >= 0.6 is 34.7 Å². The highest BCUT2D eigenvalue weighted by Crippen LogP contribution is 2.36. The summed E-state index contributed by atoms with van der Waals surface area (Å²) in [5.74, 6) is 0.782. The second kappa shape index (κ2) is 7.14. The quantitative estimate of drug-likeness (QED) is 0.437. The predicted octanol–water partition coefficient (Wildman–Crippen LogP) is 5.30. The van der Waals surface area contributed by atoms with Gasteiger partial charge in [-0.15, -0.1) is 11.3 Å². The number of hydrogen-bond acceptors (Lipinski definition) is 4. The van der Waals surface area contributed by atoms with Gasteiger partial charge in [0.1, 0.15) is 4.83 Å². The van der Waals surface area contributed by atoms with Gasteiger partial charge in [0.2, 0.25) is 0 Å². The topological polar surface area (TPSA) is 34.9 Å². The van der Waals surface area contributed by atoms with Crippen molar-refractivity contribution < 1.29 is 0 Å². The first-order valence-corrected chi connectivity index (χ1v) is 10.8. The highest BCUT2D eigenvalue weighted by atomic mass is 35.5. The van der Waals surface area contributed by atoms with Gasteiger partial charge < -0.3 is 0 Å². The molecular formula is C19H19ClN2OS2. The fourth-order valence-electron chi connectivity index (χ4n) is 3.32. The van der Waals surface area contributed by atoms with E-state index in [4.69, 9.17) is 16.6 Å². The number of rotatable bonds is 5. The molecule has 1 aliphatic carbocycles. The molecule has 2 aromatic heterocycles. The highest BCUT2D eigenvalue weighted by molar-refractivity contribution is 7.98. The van der Waals surface area contributed by atoms with Crippen LogP contribution in [-0.2, 0) is 25.1 Å². The Kier molecular flexibility index (Phi) is 4.89. The molecule has 0 aliphatic heterocycles. The third-order valence-corrected chi connectivity index (χ3v) is 7.00. The second-order valence-electron chi connectivity index (χ2n) is 6.30. The lowest BCUT2D eigenvalue weighted by atomic mass is 10.2. The molecule has 1 aromatic carbocycles. The van der Waals surface area contributed by atoms with Crippen molar-refractivity contribution in [3.05, 3.63) is 55.6 Å². The molecule has 0 atom stereocenters. The van der Waals surface area contributed by atoms with E-state index in [1.54, 1.807) is 23.1 Å². The van der Waals surface area contributed by atoms with Gasteiger partial charge in [0.25, 0.3) is 5.56 Å². The Morgan fingerprint density at radius 3 is 2.84 bits per heavy atom. The van der Waals surface area contributed by atoms with Crippen LogP contribution in [0.3, 0.4) is 0 Å². The summed E-state index contributed by atoms with van der Waals surface area (Å²) in [4.78, 5) is 20.3. The maximum Gasteiger partial charge on any atom is 0.263 e. The van der Waals surface area contributed by atoms with Crippen LogP contribution in [0.5, 0.6) is 0 Å². The van der Waals surface area contributed by atoms with Gasteiger partial charge >= 0.3 is 0 Å². The van der Waals surface area contributed by atoms with Crippen molar-refractivity contribution in [3.8, 4) is 0 Å². The van der Waals surface area contributed by atoms with E-state index in [2.05, 4.69) is 6.92 Å². The van der Waals surface area contributed by atoms with Crippen molar-refractivity contribution in [1.29, 1.82) is 0 Å². The molecule has 25 heavy (non-hydrogen) atoms. The third-order valence-electron chi connectivity index (χ3n) is 4.52. The summed E-state index contributed by atoms with van der Waals surface area (Å²) >= 11 is 9.30. The first kappa shape index (κ1) is 17.1. The van der Waals surface area contributed by atoms with Gasteiger partial charge in [0.15, 0.2) is 5.16 Å². The maximum atomic E-state index is 13.1. The maximum absolute atomic E-state index is 13.1. The SMILES string of the molecule is CCCn1c(SCc2ccc(Cl)cc2)nc2sc3c(c2c1=O)CCC3. The van der Waals surface area contributed by atoms with E-state index >= 15 is 0 Å². The molecule has 4 rings (SSSR count). The van der Waals surface area contributed by atoms with Crippen LogP contribution in [0.15, 0.2) is 34.2 Å². The van der Waals surface area contributed by atoms with Gasteiger partial charge in [-0.25, -0.2) is 4.98 Å². The van der Waals surface area contributed by atoms with Crippen molar-refractivity contribution in [1.82, 2.24) is 9.55 Å². The number of halogens is 1. The average molecular weight is 391 g/mol. The number of benzene rings is 1. The minimum atomic E-state index is 0.143. The fourth-order valence-corrected chi connectivity index (χ4v) is 5.73. The van der Waals surface area contributed by atoms with E-state index in [9.17, 15) is 4.79 Å². The number of hydrogen-bond donors (Lipinski definition) is 0. The van der Waals surface area contributed by atoms with Crippen LogP contribution in [0.25, 0.3) is 10.2 Å². The van der Waals surface area contributed by atoms with Crippen LogP contribution in [0.1, 0.15) is 35.8 Å². The Morgan fingerprint density at radius 1 is 1.28 bits per heavy atom. The molecule has 0 saturated carbocycles. The van der Waals surface area contributed by atoms with Crippen LogP contribution in [0, 0.1) is 0 Å². The van der Waals surface area contributed by atoms with Crippen molar-refractivity contribution in [2.75, 3.05) is 0 Å². The summed E-state index contributed by atoms with van der Waals surface area (Å²) in [7, 11) is 0. The fraction of sp³-hybridized carbons (Fsp3) is 0.368. The first-order chi connectivity index (χ1) is 12.2. The lowest BCUT2D eigenvalue weighted by Gasteiger charge is -2.11. The van der Waals surface area contributed by atoms with E-state index in [-0.39, 0.29) is 5.56 Å². The van der Waals surface area contributed by atoms with Crippen molar-refractivity contribution in [2.45, 2.75) is 50.1 Å². The van der Waals surface area contributed by atoms with Crippen molar-refractivity contribution >= 4 is 44.9 Å². The Morgan fingerprint density at radius 2 is 2.08 bits per heavy atom. The van der Waals surface area contributed by atoms with E-state index < -0.39 is 0 Å². The molecule has 6 heteroatoms. The number of aryl methyl sites for hydroxylation is 2. The van der Waals surface area contributed by atoms with E-state index in [0.717, 1.165) is 58.4 Å². The van der Waals surface area contributed by atoms with Crippen LogP contribution < -0.4 is 5.56 Å². The van der Waals surface area contributed by atoms with Crippen molar-refractivity contribution in [2.24, 2.45) is 0 Å². The van der Waals surface area contributed by atoms with Gasteiger partial charge in [0.05, 0.1) is 5.39 Å². The predicted molar refractivity (Wildman–Crippen MR) is 107 cm³/mol. The summed E-state index contributed by atoms with van der Waals surface area (Å²) < 4.78 is 1.87. The molecule has 0 radical (unpaired) electrons. The lowest BCUT2D eigenvalue weighted by Crippen LogP contribution is -2.23. The Bertz CT molecular complexity index is 976. The zero-order valence-corrected chi connectivity index (χ0v) is 16.4. The zero-order chi connectivity index (χ0) is 17.4. The molecule has 0 spiro atoms. The zero-order valence-electron chi connectivity index (χ0n) is 14.0. The molecule has 2 heterocycles. The lowest BCUT2D eigenvalue weighted by molar-refractivity contribution is 0.585. The molecule has 3 aromatic rings. The Labute approximate surface area is 160 Å². The molecule has 130 valence electrons. The number of thioether (sulfide) groups is 1. The van der Waals surface area contributed by atoms with Gasteiger partial charge in [-0.3, -0.25) is 9.36 Å². The van der Waals surface area contributed by atoms with E-state index in [1.807, 2.05) is 28.8 Å².